The predicted molar refractivity (Wildman–Crippen MR) is 112 cm³/mol. The van der Waals surface area contributed by atoms with Crippen LogP contribution >= 0.6 is 23.2 Å². The standard InChI is InChI=1S/C23H24Cl2O4/c1-12(2)11-28-23-14(24)9-13(10-15(23)25)20-21-16(26)5-3-7-18(21)29-19-8-4-6-17(27)22(19)20/h9-10,12,20H,3-8,11H2,1-2H3. The first-order valence-corrected chi connectivity index (χ1v) is 10.9. The van der Waals surface area contributed by atoms with Gasteiger partial charge in [-0.05, 0) is 36.5 Å². The van der Waals surface area contributed by atoms with E-state index in [4.69, 9.17) is 32.7 Å². The topological polar surface area (TPSA) is 52.6 Å². The summed E-state index contributed by atoms with van der Waals surface area (Å²) in [5, 5.41) is 0.769. The van der Waals surface area contributed by atoms with E-state index >= 15 is 0 Å². The fourth-order valence-corrected chi connectivity index (χ4v) is 4.90. The van der Waals surface area contributed by atoms with Crippen molar-refractivity contribution in [2.45, 2.75) is 58.3 Å². The van der Waals surface area contributed by atoms with Crippen molar-refractivity contribution in [3.05, 3.63) is 50.4 Å². The van der Waals surface area contributed by atoms with Crippen molar-refractivity contribution in [1.29, 1.82) is 0 Å². The Kier molecular flexibility index (Phi) is 5.76. The Bertz CT molecular complexity index is 877. The fraction of sp³-hybridized carbons (Fsp3) is 0.478. The Morgan fingerprint density at radius 2 is 1.48 bits per heavy atom. The third-order valence-corrected chi connectivity index (χ3v) is 6.12. The summed E-state index contributed by atoms with van der Waals surface area (Å²) in [7, 11) is 0. The summed E-state index contributed by atoms with van der Waals surface area (Å²) in [6, 6.07) is 3.55. The van der Waals surface area contributed by atoms with Gasteiger partial charge in [0.2, 0.25) is 0 Å². The van der Waals surface area contributed by atoms with Crippen LogP contribution in [-0.2, 0) is 14.3 Å². The van der Waals surface area contributed by atoms with E-state index < -0.39 is 5.92 Å². The summed E-state index contributed by atoms with van der Waals surface area (Å²) in [4.78, 5) is 25.7. The van der Waals surface area contributed by atoms with Crippen LogP contribution in [0, 0.1) is 5.92 Å². The van der Waals surface area contributed by atoms with Gasteiger partial charge >= 0.3 is 0 Å². The van der Waals surface area contributed by atoms with Gasteiger partial charge in [0.15, 0.2) is 17.3 Å². The molecule has 1 aliphatic heterocycles. The molecule has 0 aromatic heterocycles. The molecule has 0 saturated carbocycles. The normalized spacial score (nSPS) is 20.0. The van der Waals surface area contributed by atoms with E-state index in [1.807, 2.05) is 13.8 Å². The second-order valence-corrected chi connectivity index (χ2v) is 9.10. The molecule has 0 atom stereocenters. The summed E-state index contributed by atoms with van der Waals surface area (Å²) in [5.41, 5.74) is 1.92. The van der Waals surface area contributed by atoms with Crippen LogP contribution in [0.25, 0.3) is 0 Å². The van der Waals surface area contributed by atoms with Crippen molar-refractivity contribution in [2.24, 2.45) is 5.92 Å². The third-order valence-electron chi connectivity index (χ3n) is 5.56. The van der Waals surface area contributed by atoms with Crippen molar-refractivity contribution in [2.75, 3.05) is 6.61 Å². The molecule has 0 fully saturated rings. The fourth-order valence-electron chi connectivity index (χ4n) is 4.29. The Labute approximate surface area is 180 Å². The molecular weight excluding hydrogens is 411 g/mol. The summed E-state index contributed by atoms with van der Waals surface area (Å²) in [5.74, 6) is 1.77. The van der Waals surface area contributed by atoms with Crippen LogP contribution in [0.2, 0.25) is 10.0 Å². The minimum absolute atomic E-state index is 0.0357. The monoisotopic (exact) mass is 434 g/mol. The van der Waals surface area contributed by atoms with E-state index in [0.717, 1.165) is 18.4 Å². The third kappa shape index (κ3) is 3.85. The Morgan fingerprint density at radius 3 is 1.97 bits per heavy atom. The average molecular weight is 435 g/mol. The van der Waals surface area contributed by atoms with Crippen LogP contribution in [0.4, 0.5) is 0 Å². The highest BCUT2D eigenvalue weighted by Crippen LogP contribution is 2.49. The van der Waals surface area contributed by atoms with Crippen LogP contribution in [0.1, 0.15) is 63.9 Å². The zero-order chi connectivity index (χ0) is 20.7. The zero-order valence-corrected chi connectivity index (χ0v) is 18.2. The molecule has 1 aromatic rings. The van der Waals surface area contributed by atoms with Gasteiger partial charge in [0.05, 0.1) is 16.7 Å². The van der Waals surface area contributed by atoms with Crippen molar-refractivity contribution in [3.63, 3.8) is 0 Å². The average Bonchev–Trinajstić information content (AvgIpc) is 2.66. The maximum Gasteiger partial charge on any atom is 0.163 e. The Morgan fingerprint density at radius 1 is 0.966 bits per heavy atom. The molecule has 3 aliphatic rings. The van der Waals surface area contributed by atoms with E-state index in [1.54, 1.807) is 12.1 Å². The van der Waals surface area contributed by atoms with Gasteiger partial charge in [0.25, 0.3) is 0 Å². The molecule has 0 radical (unpaired) electrons. The molecule has 2 aliphatic carbocycles. The molecule has 1 heterocycles. The van der Waals surface area contributed by atoms with Crippen molar-refractivity contribution in [1.82, 2.24) is 0 Å². The van der Waals surface area contributed by atoms with Crippen molar-refractivity contribution in [3.8, 4) is 5.75 Å². The number of halogens is 2. The minimum Gasteiger partial charge on any atom is -0.490 e. The van der Waals surface area contributed by atoms with Crippen LogP contribution in [0.3, 0.4) is 0 Å². The number of hydrogen-bond acceptors (Lipinski definition) is 4. The first-order valence-electron chi connectivity index (χ1n) is 10.2. The molecule has 0 saturated heterocycles. The van der Waals surface area contributed by atoms with E-state index in [0.29, 0.717) is 76.7 Å². The Hall–Kier alpha value is -1.78. The van der Waals surface area contributed by atoms with Crippen LogP contribution in [0.15, 0.2) is 34.8 Å². The molecule has 1 aromatic carbocycles. The number of ether oxygens (including phenoxy) is 2. The largest absolute Gasteiger partial charge is 0.490 e. The lowest BCUT2D eigenvalue weighted by Crippen LogP contribution is -2.30. The number of ketones is 2. The summed E-state index contributed by atoms with van der Waals surface area (Å²) < 4.78 is 11.8. The Balaban J connectivity index is 1.82. The second-order valence-electron chi connectivity index (χ2n) is 8.28. The molecule has 0 amide bonds. The molecule has 29 heavy (non-hydrogen) atoms. The minimum atomic E-state index is -0.469. The molecule has 4 nitrogen and oxygen atoms in total. The molecule has 0 N–H and O–H groups in total. The van der Waals surface area contributed by atoms with Crippen molar-refractivity contribution >= 4 is 34.8 Å². The summed E-state index contributed by atoms with van der Waals surface area (Å²) >= 11 is 13.0. The molecular formula is C23H24Cl2O4. The lowest BCUT2D eigenvalue weighted by atomic mass is 9.73. The van der Waals surface area contributed by atoms with Gasteiger partial charge in [-0.1, -0.05) is 37.0 Å². The molecule has 0 unspecified atom stereocenters. The van der Waals surface area contributed by atoms with Crippen LogP contribution in [0.5, 0.6) is 5.75 Å². The number of benzene rings is 1. The van der Waals surface area contributed by atoms with E-state index in [1.165, 1.54) is 0 Å². The molecule has 4 rings (SSSR count). The second kappa shape index (κ2) is 8.16. The van der Waals surface area contributed by atoms with Gasteiger partial charge < -0.3 is 9.47 Å². The first-order chi connectivity index (χ1) is 13.9. The lowest BCUT2D eigenvalue weighted by Gasteiger charge is -2.36. The van der Waals surface area contributed by atoms with E-state index in [-0.39, 0.29) is 11.6 Å². The van der Waals surface area contributed by atoms with Gasteiger partial charge in [-0.3, -0.25) is 9.59 Å². The maximum atomic E-state index is 12.8. The number of allylic oxidation sites excluding steroid dienone is 4. The van der Waals surface area contributed by atoms with Gasteiger partial charge in [0, 0.05) is 42.7 Å². The van der Waals surface area contributed by atoms with Crippen molar-refractivity contribution < 1.29 is 19.1 Å². The molecule has 154 valence electrons. The highest BCUT2D eigenvalue weighted by atomic mass is 35.5. The predicted octanol–water partition coefficient (Wildman–Crippen LogP) is 6.16. The molecule has 0 bridgehead atoms. The molecule has 0 spiro atoms. The smallest absolute Gasteiger partial charge is 0.163 e. The highest BCUT2D eigenvalue weighted by molar-refractivity contribution is 6.37. The van der Waals surface area contributed by atoms with Crippen LogP contribution < -0.4 is 4.74 Å². The zero-order valence-electron chi connectivity index (χ0n) is 16.6. The van der Waals surface area contributed by atoms with E-state index in [9.17, 15) is 9.59 Å². The maximum absolute atomic E-state index is 12.8. The summed E-state index contributed by atoms with van der Waals surface area (Å²) in [6.45, 7) is 4.59. The van der Waals surface area contributed by atoms with Gasteiger partial charge in [-0.25, -0.2) is 0 Å². The first kappa shape index (κ1) is 20.5. The number of carbonyl (C=O) groups is 2. The number of carbonyl (C=O) groups excluding carboxylic acids is 2. The van der Waals surface area contributed by atoms with Gasteiger partial charge in [0.1, 0.15) is 11.5 Å². The SMILES string of the molecule is CC(C)COc1c(Cl)cc(C2C3=C(CCCC3=O)OC3=C2C(=O)CCC3)cc1Cl. The number of rotatable bonds is 4. The van der Waals surface area contributed by atoms with Gasteiger partial charge in [-0.2, -0.15) is 0 Å². The lowest BCUT2D eigenvalue weighted by molar-refractivity contribution is -0.117. The summed E-state index contributed by atoms with van der Waals surface area (Å²) in [6.07, 6.45) is 3.88. The van der Waals surface area contributed by atoms with E-state index in [2.05, 4.69) is 0 Å². The quantitative estimate of drug-likeness (QED) is 0.569. The van der Waals surface area contributed by atoms with Crippen LogP contribution in [-0.4, -0.2) is 18.2 Å². The highest BCUT2D eigenvalue weighted by Gasteiger charge is 2.42. The van der Waals surface area contributed by atoms with Gasteiger partial charge in [-0.15, -0.1) is 0 Å². The number of Topliss-reactive ketones (excluding diaryl/α,β-unsaturated/α-hetero) is 2. The number of hydrogen-bond donors (Lipinski definition) is 0. The molecule has 6 heteroatoms.